The summed E-state index contributed by atoms with van der Waals surface area (Å²) in [5, 5.41) is 11.8. The van der Waals surface area contributed by atoms with E-state index in [1.165, 1.54) is 18.4 Å². The van der Waals surface area contributed by atoms with Crippen molar-refractivity contribution in [1.82, 2.24) is 9.78 Å². The number of fused-ring (bicyclic) bond motifs is 1. The smallest absolute Gasteiger partial charge is 0.341 e. The van der Waals surface area contributed by atoms with E-state index in [1.807, 2.05) is 23.9 Å². The third kappa shape index (κ3) is 4.01. The highest BCUT2D eigenvalue weighted by molar-refractivity contribution is 7.80. The number of esters is 1. The summed E-state index contributed by atoms with van der Waals surface area (Å²) >= 11 is 7.00. The Balaban J connectivity index is 1.81. The first kappa shape index (κ1) is 17.9. The lowest BCUT2D eigenvalue weighted by atomic mass is 10.1. The second-order valence-electron chi connectivity index (χ2n) is 5.90. The molecule has 2 N–H and O–H groups in total. The maximum Gasteiger partial charge on any atom is 0.341 e. The van der Waals surface area contributed by atoms with E-state index in [-0.39, 0.29) is 5.97 Å². The fourth-order valence-corrected chi connectivity index (χ4v) is 4.56. The topological polar surface area (TPSA) is 68.2 Å². The van der Waals surface area contributed by atoms with Gasteiger partial charge in [-0.05, 0) is 50.4 Å². The summed E-state index contributed by atoms with van der Waals surface area (Å²) < 4.78 is 6.83. The lowest BCUT2D eigenvalue weighted by Crippen LogP contribution is -2.20. The molecule has 0 radical (unpaired) electrons. The third-order valence-electron chi connectivity index (χ3n) is 4.24. The maximum atomic E-state index is 12.3. The summed E-state index contributed by atoms with van der Waals surface area (Å²) in [4.78, 5) is 13.6. The minimum Gasteiger partial charge on any atom is -0.465 e. The predicted molar refractivity (Wildman–Crippen MR) is 105 cm³/mol. The van der Waals surface area contributed by atoms with Gasteiger partial charge in [-0.1, -0.05) is 6.42 Å². The van der Waals surface area contributed by atoms with Crippen molar-refractivity contribution in [2.75, 3.05) is 17.7 Å². The van der Waals surface area contributed by atoms with Crippen LogP contribution < -0.4 is 10.6 Å². The molecule has 1 aliphatic carbocycles. The Labute approximate surface area is 156 Å². The van der Waals surface area contributed by atoms with Crippen LogP contribution in [0.3, 0.4) is 0 Å². The molecule has 134 valence electrons. The molecule has 2 aromatic heterocycles. The Bertz CT molecular complexity index is 782. The van der Waals surface area contributed by atoms with Crippen molar-refractivity contribution in [2.24, 2.45) is 0 Å². The Morgan fingerprint density at radius 1 is 1.36 bits per heavy atom. The molecule has 0 amide bonds. The molecule has 0 fully saturated rings. The fraction of sp³-hybridized carbons (Fsp3) is 0.471. The minimum absolute atomic E-state index is 0.306. The third-order valence-corrected chi connectivity index (χ3v) is 5.66. The van der Waals surface area contributed by atoms with Gasteiger partial charge in [0.25, 0.3) is 0 Å². The molecule has 2 aromatic rings. The number of anilines is 2. The van der Waals surface area contributed by atoms with Crippen LogP contribution in [0.4, 0.5) is 10.8 Å². The van der Waals surface area contributed by atoms with Crippen molar-refractivity contribution in [2.45, 2.75) is 45.6 Å². The monoisotopic (exact) mass is 378 g/mol. The highest BCUT2D eigenvalue weighted by Crippen LogP contribution is 2.38. The van der Waals surface area contributed by atoms with Crippen molar-refractivity contribution in [3.8, 4) is 0 Å². The molecule has 0 unspecified atom stereocenters. The number of methoxy groups -OCH3 is 1. The van der Waals surface area contributed by atoms with E-state index in [1.54, 1.807) is 11.3 Å². The lowest BCUT2D eigenvalue weighted by Gasteiger charge is -2.09. The highest BCUT2D eigenvalue weighted by atomic mass is 32.1. The summed E-state index contributed by atoms with van der Waals surface area (Å²) in [6.45, 7) is 2.82. The van der Waals surface area contributed by atoms with Gasteiger partial charge in [0.05, 0.1) is 12.7 Å². The molecule has 0 saturated heterocycles. The Hall–Kier alpha value is -1.93. The summed E-state index contributed by atoms with van der Waals surface area (Å²) in [5.74, 6) is 0.372. The number of ether oxygens (including phenoxy) is 1. The van der Waals surface area contributed by atoms with Crippen LogP contribution in [0.15, 0.2) is 12.3 Å². The molecule has 0 spiro atoms. The van der Waals surface area contributed by atoms with E-state index in [9.17, 15) is 4.79 Å². The highest BCUT2D eigenvalue weighted by Gasteiger charge is 2.25. The number of hydrogen-bond acceptors (Lipinski definition) is 5. The largest absolute Gasteiger partial charge is 0.465 e. The fourth-order valence-electron chi connectivity index (χ4n) is 3.00. The average Bonchev–Trinajstić information content (AvgIpc) is 3.11. The van der Waals surface area contributed by atoms with E-state index < -0.39 is 0 Å². The van der Waals surface area contributed by atoms with Gasteiger partial charge in [0.15, 0.2) is 10.9 Å². The van der Waals surface area contributed by atoms with Crippen LogP contribution >= 0.6 is 23.6 Å². The number of nitrogens with one attached hydrogen (secondary N) is 2. The molecule has 6 nitrogen and oxygen atoms in total. The molecule has 0 bridgehead atoms. The van der Waals surface area contributed by atoms with Crippen molar-refractivity contribution in [3.05, 3.63) is 28.3 Å². The van der Waals surface area contributed by atoms with Crippen LogP contribution in [0.25, 0.3) is 0 Å². The number of aromatic nitrogens is 2. The Morgan fingerprint density at radius 2 is 2.16 bits per heavy atom. The van der Waals surface area contributed by atoms with Gasteiger partial charge in [0.2, 0.25) is 0 Å². The number of nitrogens with zero attached hydrogens (tertiary/aromatic N) is 2. The van der Waals surface area contributed by atoms with Gasteiger partial charge in [-0.3, -0.25) is 4.68 Å². The van der Waals surface area contributed by atoms with Gasteiger partial charge < -0.3 is 15.4 Å². The molecule has 2 heterocycles. The number of thiocarbonyl (C=S) groups is 1. The number of rotatable bonds is 4. The zero-order chi connectivity index (χ0) is 17.8. The van der Waals surface area contributed by atoms with Gasteiger partial charge >= 0.3 is 5.97 Å². The van der Waals surface area contributed by atoms with Crippen LogP contribution in [0, 0.1) is 0 Å². The van der Waals surface area contributed by atoms with Crippen molar-refractivity contribution in [3.63, 3.8) is 0 Å². The molecule has 0 aromatic carbocycles. The van der Waals surface area contributed by atoms with Crippen LogP contribution in [-0.4, -0.2) is 28.0 Å². The maximum absolute atomic E-state index is 12.3. The quantitative estimate of drug-likeness (QED) is 0.479. The first-order valence-electron chi connectivity index (χ1n) is 8.46. The molecule has 1 aliphatic rings. The van der Waals surface area contributed by atoms with Crippen LogP contribution in [-0.2, 0) is 24.1 Å². The zero-order valence-corrected chi connectivity index (χ0v) is 16.1. The zero-order valence-electron chi connectivity index (χ0n) is 14.4. The molecule has 0 atom stereocenters. The summed E-state index contributed by atoms with van der Waals surface area (Å²) in [6, 6.07) is 1.86. The van der Waals surface area contributed by atoms with Crippen LogP contribution in [0.1, 0.15) is 47.0 Å². The van der Waals surface area contributed by atoms with E-state index in [4.69, 9.17) is 17.0 Å². The van der Waals surface area contributed by atoms with Crippen molar-refractivity contribution in [1.29, 1.82) is 0 Å². The molecule has 0 saturated carbocycles. The standard InChI is InChI=1S/C17H22N4O2S2/c1-3-21-10-9-13(20-21)18-17(24)19-15-14(16(22)23-2)11-7-5-4-6-8-12(11)25-15/h9-10H,3-8H2,1-2H3,(H2,18,19,20,24). The number of thiophene rings is 1. The van der Waals surface area contributed by atoms with Gasteiger partial charge in [0.1, 0.15) is 5.00 Å². The first-order chi connectivity index (χ1) is 12.1. The van der Waals surface area contributed by atoms with Crippen molar-refractivity contribution < 1.29 is 9.53 Å². The number of carbonyl (C=O) groups excluding carboxylic acids is 1. The van der Waals surface area contributed by atoms with E-state index in [0.29, 0.717) is 16.5 Å². The Morgan fingerprint density at radius 3 is 2.88 bits per heavy atom. The SMILES string of the molecule is CCn1ccc(NC(=S)Nc2sc3c(c2C(=O)OC)CCCCC3)n1. The van der Waals surface area contributed by atoms with Gasteiger partial charge in [-0.2, -0.15) is 5.10 Å². The summed E-state index contributed by atoms with van der Waals surface area (Å²) in [7, 11) is 1.42. The van der Waals surface area contributed by atoms with E-state index in [2.05, 4.69) is 15.7 Å². The van der Waals surface area contributed by atoms with Crippen LogP contribution in [0.2, 0.25) is 0 Å². The number of hydrogen-bond donors (Lipinski definition) is 2. The molecular formula is C17H22N4O2S2. The van der Waals surface area contributed by atoms with Gasteiger partial charge in [-0.25, -0.2) is 4.79 Å². The second kappa shape index (κ2) is 7.97. The van der Waals surface area contributed by atoms with Crippen LogP contribution in [0.5, 0.6) is 0 Å². The predicted octanol–water partition coefficient (Wildman–Crippen LogP) is 3.83. The molecule has 25 heavy (non-hydrogen) atoms. The van der Waals surface area contributed by atoms with Crippen molar-refractivity contribution >= 4 is 45.5 Å². The summed E-state index contributed by atoms with van der Waals surface area (Å²) in [6.07, 6.45) is 7.27. The van der Waals surface area contributed by atoms with Gasteiger partial charge in [0, 0.05) is 23.7 Å². The first-order valence-corrected chi connectivity index (χ1v) is 9.69. The van der Waals surface area contributed by atoms with E-state index in [0.717, 1.165) is 42.8 Å². The second-order valence-corrected chi connectivity index (χ2v) is 7.41. The molecule has 8 heteroatoms. The Kier molecular flexibility index (Phi) is 5.70. The van der Waals surface area contributed by atoms with E-state index >= 15 is 0 Å². The summed E-state index contributed by atoms with van der Waals surface area (Å²) in [5.41, 5.74) is 1.75. The lowest BCUT2D eigenvalue weighted by molar-refractivity contribution is 0.0601. The molecule has 3 rings (SSSR count). The normalized spacial score (nSPS) is 13.7. The molecular weight excluding hydrogens is 356 g/mol. The number of carbonyl (C=O) groups is 1. The molecule has 0 aliphatic heterocycles. The average molecular weight is 379 g/mol. The van der Waals surface area contributed by atoms with Gasteiger partial charge in [-0.15, -0.1) is 11.3 Å². The minimum atomic E-state index is -0.306. The number of aryl methyl sites for hydroxylation is 2.